The molecule has 3 N–H and O–H groups in total. The molecule has 2 aromatic rings. The quantitative estimate of drug-likeness (QED) is 0.392. The average Bonchev–Trinajstić information content (AvgIpc) is 2.41. The molecule has 0 saturated carbocycles. The molecule has 0 aliphatic heterocycles. The van der Waals surface area contributed by atoms with Crippen molar-refractivity contribution in [1.82, 2.24) is 4.98 Å². The third-order valence-electron chi connectivity index (χ3n) is 2.19. The van der Waals surface area contributed by atoms with Gasteiger partial charge in [-0.2, -0.15) is 0 Å². The molecular formula is C12H10ClN3OS. The van der Waals surface area contributed by atoms with Crippen LogP contribution in [0.25, 0.3) is 0 Å². The molecule has 0 radical (unpaired) electrons. The summed E-state index contributed by atoms with van der Waals surface area (Å²) in [5.74, 6) is 0.0336. The van der Waals surface area contributed by atoms with Gasteiger partial charge < -0.3 is 10.9 Å². The molecule has 0 unspecified atom stereocenters. The Hall–Kier alpha value is -1.72. The number of amidine groups is 1. The Bertz CT molecular complexity index is 575. The molecule has 0 bridgehead atoms. The molecule has 1 aromatic heterocycles. The fourth-order valence-corrected chi connectivity index (χ4v) is 2.40. The van der Waals surface area contributed by atoms with Crippen molar-refractivity contribution in [3.63, 3.8) is 0 Å². The number of benzene rings is 1. The van der Waals surface area contributed by atoms with Crippen molar-refractivity contribution in [2.24, 2.45) is 10.9 Å². The number of rotatable bonds is 3. The molecule has 0 saturated heterocycles. The number of nitrogens with two attached hydrogens (primary N) is 1. The predicted octanol–water partition coefficient (Wildman–Crippen LogP) is 2.98. The van der Waals surface area contributed by atoms with Crippen LogP contribution in [-0.4, -0.2) is 16.0 Å². The van der Waals surface area contributed by atoms with Crippen molar-refractivity contribution in [3.8, 4) is 0 Å². The van der Waals surface area contributed by atoms with Crippen molar-refractivity contribution in [2.45, 2.75) is 9.92 Å². The Morgan fingerprint density at radius 3 is 2.78 bits per heavy atom. The van der Waals surface area contributed by atoms with Gasteiger partial charge in [-0.25, -0.2) is 4.98 Å². The van der Waals surface area contributed by atoms with Gasteiger partial charge in [-0.3, -0.25) is 0 Å². The Morgan fingerprint density at radius 1 is 1.33 bits per heavy atom. The molecule has 2 rings (SSSR count). The molecule has 0 fully saturated rings. The van der Waals surface area contributed by atoms with E-state index < -0.39 is 0 Å². The van der Waals surface area contributed by atoms with Crippen LogP contribution in [0.5, 0.6) is 0 Å². The predicted molar refractivity (Wildman–Crippen MR) is 72.3 cm³/mol. The summed E-state index contributed by atoms with van der Waals surface area (Å²) in [6.45, 7) is 0. The first-order valence-corrected chi connectivity index (χ1v) is 6.26. The summed E-state index contributed by atoms with van der Waals surface area (Å²) in [7, 11) is 0. The van der Waals surface area contributed by atoms with E-state index >= 15 is 0 Å². The Balaban J connectivity index is 2.26. The molecule has 6 heteroatoms. The van der Waals surface area contributed by atoms with E-state index in [4.69, 9.17) is 22.5 Å². The number of nitrogens with zero attached hydrogens (tertiary/aromatic N) is 2. The fourth-order valence-electron chi connectivity index (χ4n) is 1.32. The summed E-state index contributed by atoms with van der Waals surface area (Å²) >= 11 is 7.60. The lowest BCUT2D eigenvalue weighted by atomic mass is 10.2. The second kappa shape index (κ2) is 5.75. The molecule has 0 atom stereocenters. The normalized spacial score (nSPS) is 11.5. The van der Waals surface area contributed by atoms with Gasteiger partial charge in [-0.1, -0.05) is 34.6 Å². The van der Waals surface area contributed by atoms with Crippen LogP contribution in [0.15, 0.2) is 57.7 Å². The minimum atomic E-state index is 0.0336. The fraction of sp³-hybridized carbons (Fsp3) is 0. The Kier molecular flexibility index (Phi) is 4.07. The van der Waals surface area contributed by atoms with Crippen LogP contribution in [0.3, 0.4) is 0 Å². The molecule has 0 aliphatic rings. The van der Waals surface area contributed by atoms with E-state index in [0.717, 1.165) is 9.92 Å². The smallest absolute Gasteiger partial charge is 0.170 e. The summed E-state index contributed by atoms with van der Waals surface area (Å²) in [6, 6.07) is 10.9. The van der Waals surface area contributed by atoms with E-state index in [0.29, 0.717) is 10.6 Å². The summed E-state index contributed by atoms with van der Waals surface area (Å²) in [5, 5.41) is 12.9. The van der Waals surface area contributed by atoms with E-state index in [2.05, 4.69) is 10.1 Å². The number of pyridine rings is 1. The van der Waals surface area contributed by atoms with E-state index in [1.54, 1.807) is 18.3 Å². The first-order valence-electron chi connectivity index (χ1n) is 5.07. The van der Waals surface area contributed by atoms with E-state index in [1.165, 1.54) is 11.8 Å². The minimum absolute atomic E-state index is 0.0336. The summed E-state index contributed by atoms with van der Waals surface area (Å²) in [5.41, 5.74) is 6.06. The Labute approximate surface area is 113 Å². The van der Waals surface area contributed by atoms with Crippen molar-refractivity contribution in [3.05, 3.63) is 53.2 Å². The van der Waals surface area contributed by atoms with Gasteiger partial charge in [-0.15, -0.1) is 0 Å². The van der Waals surface area contributed by atoms with Crippen LogP contribution < -0.4 is 5.73 Å². The molecular weight excluding hydrogens is 270 g/mol. The largest absolute Gasteiger partial charge is 0.409 e. The lowest BCUT2D eigenvalue weighted by molar-refractivity contribution is 0.318. The minimum Gasteiger partial charge on any atom is -0.409 e. The van der Waals surface area contributed by atoms with Crippen molar-refractivity contribution in [2.75, 3.05) is 0 Å². The van der Waals surface area contributed by atoms with E-state index in [9.17, 15) is 0 Å². The summed E-state index contributed by atoms with van der Waals surface area (Å²) in [4.78, 5) is 5.07. The number of oxime groups is 1. The first-order chi connectivity index (χ1) is 8.70. The zero-order valence-corrected chi connectivity index (χ0v) is 10.8. The standard InChI is InChI=1S/C12H10ClN3OS/c13-9-7-8(12(14)16-17)4-5-10(9)18-11-3-1-2-6-15-11/h1-7,17H,(H2,14,16). The number of halogens is 1. The lowest BCUT2D eigenvalue weighted by Crippen LogP contribution is -2.12. The van der Waals surface area contributed by atoms with Gasteiger partial charge in [0.2, 0.25) is 0 Å². The highest BCUT2D eigenvalue weighted by Crippen LogP contribution is 2.32. The number of hydrogen-bond acceptors (Lipinski definition) is 4. The van der Waals surface area contributed by atoms with E-state index in [1.807, 2.05) is 24.3 Å². The molecule has 1 heterocycles. The first kappa shape index (κ1) is 12.7. The molecule has 18 heavy (non-hydrogen) atoms. The van der Waals surface area contributed by atoms with Crippen LogP contribution in [-0.2, 0) is 0 Å². The zero-order valence-electron chi connectivity index (χ0n) is 9.25. The molecule has 4 nitrogen and oxygen atoms in total. The summed E-state index contributed by atoms with van der Waals surface area (Å²) < 4.78 is 0. The highest BCUT2D eigenvalue weighted by Gasteiger charge is 2.07. The van der Waals surface area contributed by atoms with Gasteiger partial charge >= 0.3 is 0 Å². The maximum Gasteiger partial charge on any atom is 0.170 e. The number of hydrogen-bond donors (Lipinski definition) is 2. The molecule has 0 amide bonds. The van der Waals surface area contributed by atoms with Gasteiger partial charge in [0.05, 0.1) is 5.02 Å². The van der Waals surface area contributed by atoms with E-state index in [-0.39, 0.29) is 5.84 Å². The van der Waals surface area contributed by atoms with Gasteiger partial charge in [0.25, 0.3) is 0 Å². The Morgan fingerprint density at radius 2 is 2.17 bits per heavy atom. The zero-order chi connectivity index (χ0) is 13.0. The van der Waals surface area contributed by atoms with Crippen molar-refractivity contribution >= 4 is 29.2 Å². The van der Waals surface area contributed by atoms with Gasteiger partial charge in [0.15, 0.2) is 5.84 Å². The third-order valence-corrected chi connectivity index (χ3v) is 3.64. The topological polar surface area (TPSA) is 71.5 Å². The molecule has 0 aliphatic carbocycles. The second-order valence-electron chi connectivity index (χ2n) is 3.40. The average molecular weight is 280 g/mol. The highest BCUT2D eigenvalue weighted by atomic mass is 35.5. The van der Waals surface area contributed by atoms with Gasteiger partial charge in [0.1, 0.15) is 5.03 Å². The maximum atomic E-state index is 8.59. The van der Waals surface area contributed by atoms with Crippen LogP contribution in [0, 0.1) is 0 Å². The van der Waals surface area contributed by atoms with Crippen LogP contribution in [0.1, 0.15) is 5.56 Å². The van der Waals surface area contributed by atoms with Crippen LogP contribution >= 0.6 is 23.4 Å². The van der Waals surface area contributed by atoms with Crippen molar-refractivity contribution in [1.29, 1.82) is 0 Å². The second-order valence-corrected chi connectivity index (χ2v) is 4.87. The third kappa shape index (κ3) is 2.94. The van der Waals surface area contributed by atoms with Gasteiger partial charge in [0, 0.05) is 16.7 Å². The highest BCUT2D eigenvalue weighted by molar-refractivity contribution is 7.99. The SMILES string of the molecule is N/C(=N/O)c1ccc(Sc2ccccn2)c(Cl)c1. The lowest BCUT2D eigenvalue weighted by Gasteiger charge is -2.05. The monoisotopic (exact) mass is 279 g/mol. The maximum absolute atomic E-state index is 8.59. The van der Waals surface area contributed by atoms with Crippen molar-refractivity contribution < 1.29 is 5.21 Å². The van der Waals surface area contributed by atoms with Gasteiger partial charge in [-0.05, 0) is 30.3 Å². The van der Waals surface area contributed by atoms with Crippen LogP contribution in [0.4, 0.5) is 0 Å². The molecule has 92 valence electrons. The molecule has 0 spiro atoms. The van der Waals surface area contributed by atoms with Crippen LogP contribution in [0.2, 0.25) is 5.02 Å². The number of aromatic nitrogens is 1. The summed E-state index contributed by atoms with van der Waals surface area (Å²) in [6.07, 6.45) is 1.72. The molecule has 1 aromatic carbocycles.